The van der Waals surface area contributed by atoms with Crippen LogP contribution in [0.15, 0.2) is 46.9 Å². The van der Waals surface area contributed by atoms with Gasteiger partial charge in [-0.1, -0.05) is 51.0 Å². The number of aromatic nitrogens is 1. The lowest BCUT2D eigenvalue weighted by Gasteiger charge is -2.22. The number of likely N-dealkylation sites (N-methyl/N-ethyl adjacent to an activating group) is 1. The topological polar surface area (TPSA) is 36.4 Å². The number of nitrogens with zero attached hydrogens (tertiary/aromatic N) is 3. The van der Waals surface area contributed by atoms with Gasteiger partial charge in [0.25, 0.3) is 5.91 Å². The highest BCUT2D eigenvalue weighted by molar-refractivity contribution is 9.10. The molecule has 0 fully saturated rings. The van der Waals surface area contributed by atoms with E-state index >= 15 is 0 Å². The average Bonchev–Trinajstić information content (AvgIpc) is 3.00. The summed E-state index contributed by atoms with van der Waals surface area (Å²) in [6.45, 7) is 1.27. The second-order valence-electron chi connectivity index (χ2n) is 5.85. The van der Waals surface area contributed by atoms with Gasteiger partial charge in [0.1, 0.15) is 0 Å². The van der Waals surface area contributed by atoms with Crippen molar-refractivity contribution in [1.82, 2.24) is 9.88 Å². The largest absolute Gasteiger partial charge is 0.308 e. The van der Waals surface area contributed by atoms with Crippen molar-refractivity contribution in [3.8, 4) is 0 Å². The second kappa shape index (κ2) is 9.15. The molecule has 0 unspecified atom stereocenters. The Morgan fingerprint density at radius 1 is 1.19 bits per heavy atom. The van der Waals surface area contributed by atoms with Gasteiger partial charge in [-0.15, -0.1) is 12.4 Å². The highest BCUT2D eigenvalue weighted by atomic mass is 79.9. The number of thiazole rings is 1. The molecule has 0 spiro atoms. The van der Waals surface area contributed by atoms with E-state index in [4.69, 9.17) is 11.6 Å². The number of amides is 1. The first-order valence-corrected chi connectivity index (χ1v) is 9.71. The second-order valence-corrected chi connectivity index (χ2v) is 8.18. The number of hydrogen-bond donors (Lipinski definition) is 0. The van der Waals surface area contributed by atoms with E-state index in [2.05, 4.69) is 20.9 Å². The van der Waals surface area contributed by atoms with Gasteiger partial charge in [0.2, 0.25) is 0 Å². The molecule has 4 nitrogen and oxygen atoms in total. The lowest BCUT2D eigenvalue weighted by Crippen LogP contribution is -2.36. The highest BCUT2D eigenvalue weighted by Gasteiger charge is 2.23. The Kier molecular flexibility index (Phi) is 7.43. The van der Waals surface area contributed by atoms with Gasteiger partial charge >= 0.3 is 0 Å². The molecule has 0 atom stereocenters. The molecule has 0 radical (unpaired) electrons. The van der Waals surface area contributed by atoms with Crippen molar-refractivity contribution in [2.45, 2.75) is 0 Å². The van der Waals surface area contributed by atoms with Crippen LogP contribution >= 0.6 is 51.3 Å². The fourth-order valence-corrected chi connectivity index (χ4v) is 3.92. The zero-order valence-electron chi connectivity index (χ0n) is 14.3. The van der Waals surface area contributed by atoms with Crippen LogP contribution in [0.2, 0.25) is 5.02 Å². The third-order valence-electron chi connectivity index (χ3n) is 3.69. The van der Waals surface area contributed by atoms with Gasteiger partial charge in [0, 0.05) is 17.6 Å². The fraction of sp³-hybridized carbons (Fsp3) is 0.222. The van der Waals surface area contributed by atoms with Crippen LogP contribution in [0.5, 0.6) is 0 Å². The molecule has 138 valence electrons. The Bertz CT molecular complexity index is 883. The predicted octanol–water partition coefficient (Wildman–Crippen LogP) is 5.34. The minimum Gasteiger partial charge on any atom is -0.308 e. The molecule has 3 rings (SSSR count). The summed E-state index contributed by atoms with van der Waals surface area (Å²) in [7, 11) is 3.96. The molecule has 0 aliphatic heterocycles. The van der Waals surface area contributed by atoms with Gasteiger partial charge in [0.15, 0.2) is 5.13 Å². The summed E-state index contributed by atoms with van der Waals surface area (Å²) in [5.74, 6) is -0.146. The molecule has 0 N–H and O–H groups in total. The number of hydrogen-bond acceptors (Lipinski definition) is 4. The van der Waals surface area contributed by atoms with Gasteiger partial charge in [-0.05, 0) is 44.4 Å². The van der Waals surface area contributed by atoms with E-state index in [1.54, 1.807) is 17.0 Å². The number of rotatable bonds is 5. The number of anilines is 1. The summed E-state index contributed by atoms with van der Waals surface area (Å²) in [5.41, 5.74) is 1.36. The molecule has 8 heteroatoms. The monoisotopic (exact) mass is 473 g/mol. The Morgan fingerprint density at radius 2 is 1.92 bits per heavy atom. The van der Waals surface area contributed by atoms with Gasteiger partial charge in [-0.2, -0.15) is 0 Å². The van der Waals surface area contributed by atoms with Crippen LogP contribution in [-0.2, 0) is 0 Å². The molecule has 0 aliphatic rings. The molecule has 0 bridgehead atoms. The fourth-order valence-electron chi connectivity index (χ4n) is 2.37. The van der Waals surface area contributed by atoms with E-state index in [9.17, 15) is 4.79 Å². The number of carbonyl (C=O) groups excluding carboxylic acids is 1. The number of para-hydroxylation sites is 1. The third kappa shape index (κ3) is 4.75. The van der Waals surface area contributed by atoms with Crippen molar-refractivity contribution in [2.75, 3.05) is 32.1 Å². The van der Waals surface area contributed by atoms with Crippen LogP contribution in [0.4, 0.5) is 5.13 Å². The van der Waals surface area contributed by atoms with Crippen LogP contribution in [0, 0.1) is 0 Å². The van der Waals surface area contributed by atoms with Crippen LogP contribution in [0.3, 0.4) is 0 Å². The summed E-state index contributed by atoms with van der Waals surface area (Å²) in [4.78, 5) is 21.6. The van der Waals surface area contributed by atoms with Crippen LogP contribution < -0.4 is 4.90 Å². The molecule has 0 aliphatic carbocycles. The first-order valence-electron chi connectivity index (χ1n) is 7.73. The van der Waals surface area contributed by atoms with E-state index < -0.39 is 0 Å². The maximum atomic E-state index is 13.2. The minimum atomic E-state index is -0.146. The maximum absolute atomic E-state index is 13.2. The number of benzene rings is 2. The van der Waals surface area contributed by atoms with Gasteiger partial charge in [0.05, 0.1) is 20.8 Å². The van der Waals surface area contributed by atoms with Crippen molar-refractivity contribution in [2.24, 2.45) is 0 Å². The van der Waals surface area contributed by atoms with Crippen LogP contribution in [-0.4, -0.2) is 43.0 Å². The Balaban J connectivity index is 0.00000243. The lowest BCUT2D eigenvalue weighted by molar-refractivity contribution is 0.0985. The number of fused-ring (bicyclic) bond motifs is 1. The zero-order valence-corrected chi connectivity index (χ0v) is 18.3. The lowest BCUT2D eigenvalue weighted by atomic mass is 10.2. The van der Waals surface area contributed by atoms with E-state index in [-0.39, 0.29) is 18.3 Å². The quantitative estimate of drug-likeness (QED) is 0.500. The van der Waals surface area contributed by atoms with E-state index in [0.29, 0.717) is 22.3 Å². The van der Waals surface area contributed by atoms with Gasteiger partial charge in [-0.25, -0.2) is 4.98 Å². The standard InChI is InChI=1S/C18H17BrClN3OS.ClH/c1-22(2)9-10-23(17(24)13-11-12(19)7-8-14(13)20)18-21-15-5-3-4-6-16(15)25-18;/h3-8,11H,9-10H2,1-2H3;1H. The normalized spacial score (nSPS) is 10.8. The Hall–Kier alpha value is -1.18. The van der Waals surface area contributed by atoms with Gasteiger partial charge in [-0.3, -0.25) is 9.69 Å². The van der Waals surface area contributed by atoms with Crippen LogP contribution in [0.25, 0.3) is 10.2 Å². The molecular formula is C18H18BrCl2N3OS. The van der Waals surface area contributed by atoms with Crippen molar-refractivity contribution in [3.05, 3.63) is 57.5 Å². The number of halogens is 3. The SMILES string of the molecule is CN(C)CCN(C(=O)c1cc(Br)ccc1Cl)c1nc2ccccc2s1.Cl. The zero-order chi connectivity index (χ0) is 18.0. The molecule has 1 heterocycles. The van der Waals surface area contributed by atoms with E-state index in [0.717, 1.165) is 21.2 Å². The first-order chi connectivity index (χ1) is 12.0. The first kappa shape index (κ1) is 21.1. The van der Waals surface area contributed by atoms with Gasteiger partial charge < -0.3 is 4.90 Å². The molecule has 0 saturated heterocycles. The van der Waals surface area contributed by atoms with E-state index in [1.807, 2.05) is 49.3 Å². The maximum Gasteiger partial charge on any atom is 0.261 e. The molecule has 2 aromatic carbocycles. The van der Waals surface area contributed by atoms with Crippen molar-refractivity contribution in [1.29, 1.82) is 0 Å². The Morgan fingerprint density at radius 3 is 2.62 bits per heavy atom. The molecule has 0 saturated carbocycles. The average molecular weight is 475 g/mol. The highest BCUT2D eigenvalue weighted by Crippen LogP contribution is 2.31. The van der Waals surface area contributed by atoms with Crippen molar-refractivity contribution in [3.63, 3.8) is 0 Å². The summed E-state index contributed by atoms with van der Waals surface area (Å²) in [6, 6.07) is 13.2. The molecule has 1 amide bonds. The summed E-state index contributed by atoms with van der Waals surface area (Å²) >= 11 is 11.2. The summed E-state index contributed by atoms with van der Waals surface area (Å²) < 4.78 is 1.87. The van der Waals surface area contributed by atoms with E-state index in [1.165, 1.54) is 11.3 Å². The third-order valence-corrected chi connectivity index (χ3v) is 5.57. The summed E-state index contributed by atoms with van der Waals surface area (Å²) in [6.07, 6.45) is 0. The number of carbonyl (C=O) groups is 1. The Labute approximate surface area is 176 Å². The molecular weight excluding hydrogens is 457 g/mol. The smallest absolute Gasteiger partial charge is 0.261 e. The summed E-state index contributed by atoms with van der Waals surface area (Å²) in [5, 5.41) is 1.12. The minimum absolute atomic E-state index is 0. The predicted molar refractivity (Wildman–Crippen MR) is 116 cm³/mol. The molecule has 3 aromatic rings. The van der Waals surface area contributed by atoms with Crippen molar-refractivity contribution >= 4 is 72.5 Å². The molecule has 26 heavy (non-hydrogen) atoms. The van der Waals surface area contributed by atoms with Crippen molar-refractivity contribution < 1.29 is 4.79 Å². The van der Waals surface area contributed by atoms with Crippen LogP contribution in [0.1, 0.15) is 10.4 Å². The molecule has 1 aromatic heterocycles.